The summed E-state index contributed by atoms with van der Waals surface area (Å²) in [5.41, 5.74) is 1.87. The highest BCUT2D eigenvalue weighted by molar-refractivity contribution is 9.10. The van der Waals surface area contributed by atoms with Gasteiger partial charge in [-0.1, -0.05) is 35.9 Å². The third-order valence-corrected chi connectivity index (χ3v) is 5.17. The first-order valence-corrected chi connectivity index (χ1v) is 9.14. The third kappa shape index (κ3) is 3.32. The maximum Gasteiger partial charge on any atom is 0.229 e. The summed E-state index contributed by atoms with van der Waals surface area (Å²) in [4.78, 5) is 16.0. The standard InChI is InChI=1S/C18H14BrClN4O2/c19-13-7-11(15-8-17(25)23-18-21-10-22-24(15)18)5-6-16(13)26-9-12-3-1-2-4-14(12)20/h1-7,10,15H,8-9H2,(H,21,22,23,25)/t15-/m1/s1. The van der Waals surface area contributed by atoms with Crippen LogP contribution in [0.15, 0.2) is 53.3 Å². The number of hydrogen-bond donors (Lipinski definition) is 1. The maximum absolute atomic E-state index is 11.9. The molecule has 1 amide bonds. The Morgan fingerprint density at radius 3 is 2.96 bits per heavy atom. The van der Waals surface area contributed by atoms with Crippen LogP contribution in [0.4, 0.5) is 5.95 Å². The second-order valence-corrected chi connectivity index (χ2v) is 7.13. The van der Waals surface area contributed by atoms with Gasteiger partial charge in [0.2, 0.25) is 11.9 Å². The highest BCUT2D eigenvalue weighted by Gasteiger charge is 2.28. The minimum atomic E-state index is -0.199. The second-order valence-electron chi connectivity index (χ2n) is 5.87. The molecule has 1 aliphatic heterocycles. The van der Waals surface area contributed by atoms with Crippen LogP contribution < -0.4 is 10.1 Å². The van der Waals surface area contributed by atoms with E-state index in [4.69, 9.17) is 16.3 Å². The van der Waals surface area contributed by atoms with Crippen LogP contribution in [-0.2, 0) is 11.4 Å². The summed E-state index contributed by atoms with van der Waals surface area (Å²) >= 11 is 9.71. The number of amides is 1. The zero-order valence-corrected chi connectivity index (χ0v) is 15.9. The number of carbonyl (C=O) groups is 1. The van der Waals surface area contributed by atoms with Crippen LogP contribution in [0.2, 0.25) is 5.02 Å². The predicted octanol–water partition coefficient (Wildman–Crippen LogP) is 4.20. The molecule has 132 valence electrons. The molecule has 8 heteroatoms. The lowest BCUT2D eigenvalue weighted by Crippen LogP contribution is -2.29. The zero-order chi connectivity index (χ0) is 18.1. The number of hydrogen-bond acceptors (Lipinski definition) is 4. The minimum absolute atomic E-state index is 0.0781. The number of ether oxygens (including phenoxy) is 1. The Morgan fingerprint density at radius 2 is 2.15 bits per heavy atom. The van der Waals surface area contributed by atoms with E-state index in [0.29, 0.717) is 29.7 Å². The van der Waals surface area contributed by atoms with Gasteiger partial charge in [0.25, 0.3) is 0 Å². The van der Waals surface area contributed by atoms with Crippen molar-refractivity contribution >= 4 is 39.4 Å². The Labute approximate surface area is 163 Å². The van der Waals surface area contributed by atoms with E-state index in [-0.39, 0.29) is 11.9 Å². The number of aromatic nitrogens is 3. The molecular formula is C18H14BrClN4O2. The first kappa shape index (κ1) is 17.1. The van der Waals surface area contributed by atoms with Gasteiger partial charge in [0.15, 0.2) is 0 Å². The molecule has 0 unspecified atom stereocenters. The molecule has 6 nitrogen and oxygen atoms in total. The fourth-order valence-corrected chi connectivity index (χ4v) is 3.58. The van der Waals surface area contributed by atoms with Gasteiger partial charge in [-0.25, -0.2) is 4.68 Å². The van der Waals surface area contributed by atoms with Gasteiger partial charge in [0, 0.05) is 10.6 Å². The van der Waals surface area contributed by atoms with Gasteiger partial charge in [-0.2, -0.15) is 10.1 Å². The Balaban J connectivity index is 1.55. The number of halogens is 2. The molecule has 2 aromatic carbocycles. The molecule has 3 aromatic rings. The van der Waals surface area contributed by atoms with Crippen molar-refractivity contribution in [3.05, 3.63) is 69.4 Å². The van der Waals surface area contributed by atoms with E-state index in [1.54, 1.807) is 4.68 Å². The first-order valence-electron chi connectivity index (χ1n) is 7.97. The number of nitrogens with one attached hydrogen (secondary N) is 1. The molecule has 0 bridgehead atoms. The highest BCUT2D eigenvalue weighted by Crippen LogP contribution is 2.34. The van der Waals surface area contributed by atoms with Gasteiger partial charge in [0.05, 0.1) is 16.9 Å². The molecule has 1 N–H and O–H groups in total. The van der Waals surface area contributed by atoms with Gasteiger partial charge in [-0.3, -0.25) is 10.1 Å². The summed E-state index contributed by atoms with van der Waals surface area (Å²) in [6.45, 7) is 0.372. The lowest BCUT2D eigenvalue weighted by molar-refractivity contribution is -0.117. The van der Waals surface area contributed by atoms with Crippen LogP contribution in [0, 0.1) is 0 Å². The topological polar surface area (TPSA) is 69.0 Å². The smallest absolute Gasteiger partial charge is 0.229 e. The number of carbonyl (C=O) groups excluding carboxylic acids is 1. The predicted molar refractivity (Wildman–Crippen MR) is 101 cm³/mol. The van der Waals surface area contributed by atoms with Crippen molar-refractivity contribution in [2.24, 2.45) is 0 Å². The molecule has 1 aromatic heterocycles. The van der Waals surface area contributed by atoms with E-state index in [9.17, 15) is 4.79 Å². The van der Waals surface area contributed by atoms with Crippen molar-refractivity contribution in [1.82, 2.24) is 14.8 Å². The van der Waals surface area contributed by atoms with Gasteiger partial charge >= 0.3 is 0 Å². The Morgan fingerprint density at radius 1 is 1.31 bits per heavy atom. The normalized spacial score (nSPS) is 16.1. The summed E-state index contributed by atoms with van der Waals surface area (Å²) in [7, 11) is 0. The van der Waals surface area contributed by atoms with Gasteiger partial charge in [-0.05, 0) is 39.7 Å². The molecule has 0 saturated carbocycles. The Hall–Kier alpha value is -2.38. The lowest BCUT2D eigenvalue weighted by Gasteiger charge is -2.24. The van der Waals surface area contributed by atoms with Crippen LogP contribution in [-0.4, -0.2) is 20.7 Å². The molecule has 0 fully saturated rings. The number of anilines is 1. The summed E-state index contributed by atoms with van der Waals surface area (Å²) < 4.78 is 8.39. The monoisotopic (exact) mass is 432 g/mol. The van der Waals surface area contributed by atoms with Crippen LogP contribution >= 0.6 is 27.5 Å². The molecule has 0 radical (unpaired) electrons. The van der Waals surface area contributed by atoms with Crippen molar-refractivity contribution in [3.63, 3.8) is 0 Å². The van der Waals surface area contributed by atoms with E-state index in [0.717, 1.165) is 15.6 Å². The van der Waals surface area contributed by atoms with E-state index < -0.39 is 0 Å². The van der Waals surface area contributed by atoms with Gasteiger partial charge in [0.1, 0.15) is 18.7 Å². The highest BCUT2D eigenvalue weighted by atomic mass is 79.9. The Kier molecular flexibility index (Phi) is 4.65. The molecule has 0 saturated heterocycles. The molecule has 4 rings (SSSR count). The van der Waals surface area contributed by atoms with E-state index >= 15 is 0 Å². The zero-order valence-electron chi connectivity index (χ0n) is 13.5. The number of fused-ring (bicyclic) bond motifs is 1. The maximum atomic E-state index is 11.9. The average Bonchev–Trinajstić information content (AvgIpc) is 3.09. The molecule has 0 spiro atoms. The third-order valence-electron chi connectivity index (χ3n) is 4.18. The van der Waals surface area contributed by atoms with Crippen molar-refractivity contribution in [1.29, 1.82) is 0 Å². The van der Waals surface area contributed by atoms with Gasteiger partial charge in [-0.15, -0.1) is 0 Å². The minimum Gasteiger partial charge on any atom is -0.488 e. The summed E-state index contributed by atoms with van der Waals surface area (Å²) in [5, 5.41) is 7.60. The van der Waals surface area contributed by atoms with Crippen LogP contribution in [0.3, 0.4) is 0 Å². The van der Waals surface area contributed by atoms with Gasteiger partial charge < -0.3 is 4.74 Å². The summed E-state index contributed by atoms with van der Waals surface area (Å²) in [6, 6.07) is 13.1. The average molecular weight is 434 g/mol. The van der Waals surface area contributed by atoms with Crippen LogP contribution in [0.5, 0.6) is 5.75 Å². The second kappa shape index (κ2) is 7.09. The van der Waals surface area contributed by atoms with Crippen molar-refractivity contribution in [2.45, 2.75) is 19.1 Å². The number of benzene rings is 2. The summed E-state index contributed by atoms with van der Waals surface area (Å²) in [6.07, 6.45) is 1.74. The van der Waals surface area contributed by atoms with E-state index in [1.165, 1.54) is 6.33 Å². The summed E-state index contributed by atoms with van der Waals surface area (Å²) in [5.74, 6) is 1.08. The van der Waals surface area contributed by atoms with Crippen LogP contribution in [0.25, 0.3) is 0 Å². The van der Waals surface area contributed by atoms with Crippen molar-refractivity contribution in [3.8, 4) is 5.75 Å². The fourth-order valence-electron chi connectivity index (χ4n) is 2.88. The van der Waals surface area contributed by atoms with E-state index in [2.05, 4.69) is 31.3 Å². The molecule has 2 heterocycles. The number of rotatable bonds is 4. The molecule has 1 aliphatic rings. The molecule has 26 heavy (non-hydrogen) atoms. The molecule has 0 aliphatic carbocycles. The molecule has 1 atom stereocenters. The van der Waals surface area contributed by atoms with Crippen LogP contribution in [0.1, 0.15) is 23.6 Å². The first-order chi connectivity index (χ1) is 12.6. The van der Waals surface area contributed by atoms with Crippen molar-refractivity contribution in [2.75, 3.05) is 5.32 Å². The largest absolute Gasteiger partial charge is 0.488 e. The quantitative estimate of drug-likeness (QED) is 0.669. The van der Waals surface area contributed by atoms with Crippen molar-refractivity contribution < 1.29 is 9.53 Å². The van der Waals surface area contributed by atoms with E-state index in [1.807, 2.05) is 42.5 Å². The number of nitrogens with zero attached hydrogens (tertiary/aromatic N) is 3. The fraction of sp³-hybridized carbons (Fsp3) is 0.167. The molecular weight excluding hydrogens is 420 g/mol. The Bertz CT molecular complexity index is 975. The SMILES string of the molecule is O=C1C[C@H](c2ccc(OCc3ccccc3Cl)c(Br)c2)n2ncnc2N1. The lowest BCUT2D eigenvalue weighted by atomic mass is 10.0.